The second-order valence-corrected chi connectivity index (χ2v) is 7.62. The van der Waals surface area contributed by atoms with Crippen molar-refractivity contribution in [1.82, 2.24) is 4.57 Å². The molecule has 3 aromatic rings. The second kappa shape index (κ2) is 7.20. The lowest BCUT2D eigenvalue weighted by atomic mass is 9.89. The van der Waals surface area contributed by atoms with Gasteiger partial charge in [0.25, 0.3) is 0 Å². The molecule has 0 spiro atoms. The van der Waals surface area contributed by atoms with Crippen molar-refractivity contribution in [2.24, 2.45) is 5.92 Å². The van der Waals surface area contributed by atoms with E-state index in [0.717, 1.165) is 0 Å². The first kappa shape index (κ1) is 18.9. The van der Waals surface area contributed by atoms with Crippen LogP contribution in [0.1, 0.15) is 56.3 Å². The molecular weight excluding hydrogens is 371 g/mol. The molecule has 0 amide bonds. The topological polar surface area (TPSA) is 60.0 Å². The standard InChI is InChI=1S/C23H20FN2O3/c1-14(2)11-25-13-26(12-19(27)15-7-9-16(24)10-8-15)21-20(25)22(28)17-5-3-4-6-18(17)23(21)29/h3-10,13-14H,11-12H2,1-2H3/q+1. The molecule has 0 saturated heterocycles. The number of imidazole rings is 1. The molecule has 146 valence electrons. The number of aromatic nitrogens is 2. The zero-order valence-corrected chi connectivity index (χ0v) is 16.2. The summed E-state index contributed by atoms with van der Waals surface area (Å²) >= 11 is 0. The number of rotatable bonds is 5. The van der Waals surface area contributed by atoms with Gasteiger partial charge in [-0.15, -0.1) is 0 Å². The van der Waals surface area contributed by atoms with Crippen LogP contribution >= 0.6 is 0 Å². The molecular formula is C23H20FN2O3+. The largest absolute Gasteiger partial charge is 0.290 e. The van der Waals surface area contributed by atoms with E-state index in [2.05, 4.69) is 0 Å². The fourth-order valence-corrected chi connectivity index (χ4v) is 3.70. The predicted molar refractivity (Wildman–Crippen MR) is 104 cm³/mol. The van der Waals surface area contributed by atoms with Crippen molar-refractivity contribution in [3.63, 3.8) is 0 Å². The molecule has 1 aliphatic carbocycles. The van der Waals surface area contributed by atoms with Gasteiger partial charge in [-0.1, -0.05) is 38.1 Å². The quantitative estimate of drug-likeness (QED) is 0.388. The highest BCUT2D eigenvalue weighted by Gasteiger charge is 2.41. The Morgan fingerprint density at radius 3 is 2.24 bits per heavy atom. The average Bonchev–Trinajstić information content (AvgIpc) is 3.04. The van der Waals surface area contributed by atoms with Gasteiger partial charge in [0.05, 0.1) is 6.54 Å². The summed E-state index contributed by atoms with van der Waals surface area (Å²) in [4.78, 5) is 39.1. The maximum atomic E-state index is 13.2. The summed E-state index contributed by atoms with van der Waals surface area (Å²) in [5, 5.41) is 0. The molecule has 0 atom stereocenters. The van der Waals surface area contributed by atoms with Crippen LogP contribution in [0.15, 0.2) is 54.9 Å². The summed E-state index contributed by atoms with van der Waals surface area (Å²) in [5.41, 5.74) is 1.61. The Labute approximate surface area is 167 Å². The van der Waals surface area contributed by atoms with E-state index in [1.165, 1.54) is 24.3 Å². The van der Waals surface area contributed by atoms with Gasteiger partial charge in [0.2, 0.25) is 35.1 Å². The Morgan fingerprint density at radius 1 is 1.00 bits per heavy atom. The number of Topliss-reactive ketones (excluding diaryl/α,β-unsaturated/α-hetero) is 1. The van der Waals surface area contributed by atoms with Crippen LogP contribution in [-0.2, 0) is 13.1 Å². The first-order chi connectivity index (χ1) is 13.9. The molecule has 0 bridgehead atoms. The maximum absolute atomic E-state index is 13.2. The molecule has 1 aliphatic rings. The van der Waals surface area contributed by atoms with E-state index in [0.29, 0.717) is 28.9 Å². The molecule has 0 N–H and O–H groups in total. The van der Waals surface area contributed by atoms with Gasteiger partial charge in [-0.25, -0.2) is 13.5 Å². The Morgan fingerprint density at radius 2 is 1.62 bits per heavy atom. The lowest BCUT2D eigenvalue weighted by Gasteiger charge is -2.13. The smallest absolute Gasteiger partial charge is 0.245 e. The minimum atomic E-state index is -0.424. The van der Waals surface area contributed by atoms with E-state index in [1.54, 1.807) is 39.7 Å². The Hall–Kier alpha value is -3.41. The van der Waals surface area contributed by atoms with Crippen molar-refractivity contribution < 1.29 is 23.3 Å². The molecule has 0 saturated carbocycles. The van der Waals surface area contributed by atoms with Gasteiger partial charge < -0.3 is 0 Å². The summed E-state index contributed by atoms with van der Waals surface area (Å²) in [5.74, 6) is -0.938. The number of nitrogens with zero attached hydrogens (tertiary/aromatic N) is 2. The second-order valence-electron chi connectivity index (χ2n) is 7.62. The molecule has 6 heteroatoms. The van der Waals surface area contributed by atoms with E-state index in [4.69, 9.17) is 0 Å². The fraction of sp³-hybridized carbons (Fsp3) is 0.217. The molecule has 29 heavy (non-hydrogen) atoms. The van der Waals surface area contributed by atoms with Crippen LogP contribution < -0.4 is 4.57 Å². The molecule has 2 aromatic carbocycles. The number of ketones is 3. The van der Waals surface area contributed by atoms with Crippen molar-refractivity contribution in [2.75, 3.05) is 0 Å². The van der Waals surface area contributed by atoms with Gasteiger partial charge in [-0.05, 0) is 30.2 Å². The van der Waals surface area contributed by atoms with Crippen LogP contribution in [0.3, 0.4) is 0 Å². The van der Waals surface area contributed by atoms with Gasteiger partial charge in [0.1, 0.15) is 5.82 Å². The van der Waals surface area contributed by atoms with Crippen LogP contribution in [0.2, 0.25) is 0 Å². The monoisotopic (exact) mass is 391 g/mol. The van der Waals surface area contributed by atoms with Gasteiger partial charge in [-0.3, -0.25) is 14.4 Å². The Balaban J connectivity index is 1.80. The van der Waals surface area contributed by atoms with Gasteiger partial charge >= 0.3 is 0 Å². The van der Waals surface area contributed by atoms with E-state index in [1.807, 2.05) is 13.8 Å². The molecule has 4 rings (SSSR count). The number of benzene rings is 2. The van der Waals surface area contributed by atoms with E-state index in [-0.39, 0.29) is 35.5 Å². The number of halogens is 1. The van der Waals surface area contributed by atoms with E-state index in [9.17, 15) is 18.8 Å². The maximum Gasteiger partial charge on any atom is 0.245 e. The Kier molecular flexibility index (Phi) is 4.70. The van der Waals surface area contributed by atoms with Gasteiger partial charge in [0, 0.05) is 16.7 Å². The normalized spacial score (nSPS) is 12.8. The summed E-state index contributed by atoms with van der Waals surface area (Å²) in [7, 11) is 0. The minimum absolute atomic E-state index is 0.111. The number of hydrogen-bond donors (Lipinski definition) is 0. The third-order valence-electron chi connectivity index (χ3n) is 4.97. The average molecular weight is 391 g/mol. The van der Waals surface area contributed by atoms with Crippen LogP contribution in [0.4, 0.5) is 4.39 Å². The number of fused-ring (bicyclic) bond motifs is 2. The highest BCUT2D eigenvalue weighted by Crippen LogP contribution is 2.26. The SMILES string of the molecule is CC(C)Cn1c[n+](CC(=O)c2ccc(F)cc2)c2c1C(=O)c1ccccc1C2=O. The molecule has 1 heterocycles. The third kappa shape index (κ3) is 3.31. The van der Waals surface area contributed by atoms with Crippen LogP contribution in [0.25, 0.3) is 0 Å². The van der Waals surface area contributed by atoms with E-state index < -0.39 is 5.82 Å². The van der Waals surface area contributed by atoms with Crippen molar-refractivity contribution in [3.05, 3.63) is 88.8 Å². The van der Waals surface area contributed by atoms with E-state index >= 15 is 0 Å². The van der Waals surface area contributed by atoms with Crippen molar-refractivity contribution in [3.8, 4) is 0 Å². The molecule has 0 aliphatic heterocycles. The molecule has 0 radical (unpaired) electrons. The fourth-order valence-electron chi connectivity index (χ4n) is 3.70. The molecule has 5 nitrogen and oxygen atoms in total. The van der Waals surface area contributed by atoms with Crippen molar-refractivity contribution in [2.45, 2.75) is 26.9 Å². The summed E-state index contributed by atoms with van der Waals surface area (Å²) < 4.78 is 16.5. The van der Waals surface area contributed by atoms with Crippen molar-refractivity contribution in [1.29, 1.82) is 0 Å². The molecule has 1 aromatic heterocycles. The first-order valence-electron chi connectivity index (χ1n) is 9.46. The lowest BCUT2D eigenvalue weighted by Crippen LogP contribution is -2.43. The lowest BCUT2D eigenvalue weighted by molar-refractivity contribution is -0.684. The summed E-state index contributed by atoms with van der Waals surface area (Å²) in [6.45, 7) is 4.47. The Bertz CT molecular complexity index is 1140. The number of carbonyl (C=O) groups excluding carboxylic acids is 3. The predicted octanol–water partition coefficient (Wildman–Crippen LogP) is 3.23. The third-order valence-corrected chi connectivity index (χ3v) is 4.97. The number of hydrogen-bond acceptors (Lipinski definition) is 3. The molecule has 0 fully saturated rings. The first-order valence-corrected chi connectivity index (χ1v) is 9.46. The van der Waals surface area contributed by atoms with Crippen LogP contribution in [0.5, 0.6) is 0 Å². The molecule has 0 unspecified atom stereocenters. The minimum Gasteiger partial charge on any atom is -0.290 e. The van der Waals surface area contributed by atoms with Crippen LogP contribution in [0, 0.1) is 11.7 Å². The summed E-state index contributed by atoms with van der Waals surface area (Å²) in [6, 6.07) is 12.0. The zero-order valence-electron chi connectivity index (χ0n) is 16.2. The van der Waals surface area contributed by atoms with Gasteiger partial charge in [0.15, 0.2) is 6.54 Å². The highest BCUT2D eigenvalue weighted by molar-refractivity contribution is 6.26. The zero-order chi connectivity index (χ0) is 20.7. The van der Waals surface area contributed by atoms with Gasteiger partial charge in [-0.2, -0.15) is 0 Å². The highest BCUT2D eigenvalue weighted by atomic mass is 19.1. The van der Waals surface area contributed by atoms with Crippen molar-refractivity contribution >= 4 is 17.3 Å². The van der Waals surface area contributed by atoms with Crippen LogP contribution in [-0.4, -0.2) is 21.9 Å². The number of carbonyl (C=O) groups is 3. The summed E-state index contributed by atoms with van der Waals surface area (Å²) in [6.07, 6.45) is 1.66.